The van der Waals surface area contributed by atoms with E-state index in [1.54, 1.807) is 0 Å². The number of halogens is 1. The zero-order valence-electron chi connectivity index (χ0n) is 9.45. The number of nitrogens with two attached hydrogens (primary N) is 1. The van der Waals surface area contributed by atoms with Gasteiger partial charge in [-0.05, 0) is 46.8 Å². The average Bonchev–Trinajstić information content (AvgIpc) is 2.81. The summed E-state index contributed by atoms with van der Waals surface area (Å²) in [5.74, 6) is 0.747. The first kappa shape index (κ1) is 11.9. The van der Waals surface area contributed by atoms with Gasteiger partial charge in [0, 0.05) is 22.7 Å². The van der Waals surface area contributed by atoms with Gasteiger partial charge in [0.15, 0.2) is 0 Å². The molecule has 1 atom stereocenters. The van der Waals surface area contributed by atoms with Gasteiger partial charge >= 0.3 is 0 Å². The standard InChI is InChI=1S/C13H19BrN2/c14-11-7-3-4-8-12(11)16-13(9-15)10-5-1-2-6-10/h3-4,7-8,10,13,16H,1-2,5-6,9,15H2. The van der Waals surface area contributed by atoms with Crippen LogP contribution in [0.4, 0.5) is 5.69 Å². The third kappa shape index (κ3) is 2.77. The zero-order valence-corrected chi connectivity index (χ0v) is 11.0. The summed E-state index contributed by atoms with van der Waals surface area (Å²) < 4.78 is 1.12. The first-order chi connectivity index (χ1) is 7.81. The normalized spacial score (nSPS) is 18.6. The highest BCUT2D eigenvalue weighted by molar-refractivity contribution is 9.10. The largest absolute Gasteiger partial charge is 0.380 e. The van der Waals surface area contributed by atoms with Gasteiger partial charge in [0.1, 0.15) is 0 Å². The number of benzene rings is 1. The van der Waals surface area contributed by atoms with Crippen LogP contribution in [0.5, 0.6) is 0 Å². The van der Waals surface area contributed by atoms with E-state index in [1.165, 1.54) is 25.7 Å². The fourth-order valence-corrected chi connectivity index (χ4v) is 2.91. The number of hydrogen-bond donors (Lipinski definition) is 2. The minimum absolute atomic E-state index is 0.418. The Morgan fingerprint density at radius 1 is 1.31 bits per heavy atom. The lowest BCUT2D eigenvalue weighted by atomic mass is 9.98. The number of anilines is 1. The zero-order chi connectivity index (χ0) is 11.4. The van der Waals surface area contributed by atoms with Crippen molar-refractivity contribution in [2.45, 2.75) is 31.7 Å². The maximum Gasteiger partial charge on any atom is 0.0487 e. The van der Waals surface area contributed by atoms with Crippen LogP contribution in [-0.2, 0) is 0 Å². The highest BCUT2D eigenvalue weighted by Gasteiger charge is 2.24. The van der Waals surface area contributed by atoms with Crippen molar-refractivity contribution in [3.05, 3.63) is 28.7 Å². The molecule has 0 radical (unpaired) electrons. The topological polar surface area (TPSA) is 38.0 Å². The molecule has 1 saturated carbocycles. The van der Waals surface area contributed by atoms with E-state index in [4.69, 9.17) is 5.73 Å². The van der Waals surface area contributed by atoms with Gasteiger partial charge in [0.05, 0.1) is 0 Å². The summed E-state index contributed by atoms with van der Waals surface area (Å²) in [5, 5.41) is 3.57. The van der Waals surface area contributed by atoms with E-state index >= 15 is 0 Å². The van der Waals surface area contributed by atoms with Crippen LogP contribution in [0.25, 0.3) is 0 Å². The van der Waals surface area contributed by atoms with Crippen molar-refractivity contribution in [1.82, 2.24) is 0 Å². The van der Waals surface area contributed by atoms with Gasteiger partial charge in [-0.15, -0.1) is 0 Å². The molecule has 1 fully saturated rings. The lowest BCUT2D eigenvalue weighted by Gasteiger charge is -2.24. The van der Waals surface area contributed by atoms with E-state index in [0.29, 0.717) is 12.6 Å². The van der Waals surface area contributed by atoms with Crippen molar-refractivity contribution >= 4 is 21.6 Å². The van der Waals surface area contributed by atoms with Gasteiger partial charge in [-0.3, -0.25) is 0 Å². The molecule has 0 spiro atoms. The Hall–Kier alpha value is -0.540. The van der Waals surface area contributed by atoms with E-state index in [2.05, 4.69) is 39.4 Å². The maximum atomic E-state index is 5.87. The lowest BCUT2D eigenvalue weighted by molar-refractivity contribution is 0.462. The molecule has 1 aliphatic carbocycles. The summed E-state index contributed by atoms with van der Waals surface area (Å²) >= 11 is 3.56. The predicted octanol–water partition coefficient (Wildman–Crippen LogP) is 3.38. The molecule has 1 aromatic carbocycles. The minimum Gasteiger partial charge on any atom is -0.380 e. The van der Waals surface area contributed by atoms with E-state index in [-0.39, 0.29) is 0 Å². The molecule has 0 amide bonds. The molecule has 0 saturated heterocycles. The van der Waals surface area contributed by atoms with Crippen molar-refractivity contribution in [2.75, 3.05) is 11.9 Å². The first-order valence-electron chi connectivity index (χ1n) is 6.02. The fourth-order valence-electron chi connectivity index (χ4n) is 2.51. The fraction of sp³-hybridized carbons (Fsp3) is 0.538. The summed E-state index contributed by atoms with van der Waals surface area (Å²) in [6.07, 6.45) is 5.36. The molecule has 16 heavy (non-hydrogen) atoms. The van der Waals surface area contributed by atoms with Gasteiger partial charge in [0.2, 0.25) is 0 Å². The van der Waals surface area contributed by atoms with Crippen LogP contribution in [0, 0.1) is 5.92 Å². The Morgan fingerprint density at radius 2 is 2.00 bits per heavy atom. The van der Waals surface area contributed by atoms with Crippen LogP contribution in [0.15, 0.2) is 28.7 Å². The second kappa shape index (κ2) is 5.69. The Bertz CT molecular complexity index is 334. The predicted molar refractivity (Wildman–Crippen MR) is 72.6 cm³/mol. The monoisotopic (exact) mass is 282 g/mol. The number of hydrogen-bond acceptors (Lipinski definition) is 2. The highest BCUT2D eigenvalue weighted by atomic mass is 79.9. The van der Waals surface area contributed by atoms with E-state index in [9.17, 15) is 0 Å². The molecule has 3 heteroatoms. The molecule has 1 aliphatic rings. The van der Waals surface area contributed by atoms with Crippen LogP contribution >= 0.6 is 15.9 Å². The van der Waals surface area contributed by atoms with Crippen LogP contribution < -0.4 is 11.1 Å². The Balaban J connectivity index is 2.03. The summed E-state index contributed by atoms with van der Waals surface area (Å²) in [4.78, 5) is 0. The molecule has 88 valence electrons. The van der Waals surface area contributed by atoms with Gasteiger partial charge in [-0.1, -0.05) is 25.0 Å². The molecule has 1 unspecified atom stereocenters. The molecule has 0 bridgehead atoms. The van der Waals surface area contributed by atoms with Crippen LogP contribution in [0.3, 0.4) is 0 Å². The van der Waals surface area contributed by atoms with Gasteiger partial charge in [-0.2, -0.15) is 0 Å². The Morgan fingerprint density at radius 3 is 2.62 bits per heavy atom. The molecular formula is C13H19BrN2. The van der Waals surface area contributed by atoms with Crippen LogP contribution in [-0.4, -0.2) is 12.6 Å². The number of nitrogens with one attached hydrogen (secondary N) is 1. The molecule has 0 aromatic heterocycles. The molecule has 2 nitrogen and oxygen atoms in total. The van der Waals surface area contributed by atoms with Crippen molar-refractivity contribution in [1.29, 1.82) is 0 Å². The maximum absolute atomic E-state index is 5.87. The molecule has 3 N–H and O–H groups in total. The minimum atomic E-state index is 0.418. The molecule has 0 heterocycles. The summed E-state index contributed by atoms with van der Waals surface area (Å²) in [6.45, 7) is 0.714. The molecule has 1 aromatic rings. The van der Waals surface area contributed by atoms with Crippen molar-refractivity contribution in [2.24, 2.45) is 11.7 Å². The van der Waals surface area contributed by atoms with Crippen molar-refractivity contribution in [3.63, 3.8) is 0 Å². The molecule has 2 rings (SSSR count). The summed E-state index contributed by atoms with van der Waals surface area (Å²) in [7, 11) is 0. The molecular weight excluding hydrogens is 264 g/mol. The highest BCUT2D eigenvalue weighted by Crippen LogP contribution is 2.30. The van der Waals surface area contributed by atoms with Gasteiger partial charge < -0.3 is 11.1 Å². The van der Waals surface area contributed by atoms with Crippen LogP contribution in [0.2, 0.25) is 0 Å². The Labute approximate surface area is 106 Å². The number of rotatable bonds is 4. The Kier molecular flexibility index (Phi) is 4.24. The third-order valence-electron chi connectivity index (χ3n) is 3.44. The third-order valence-corrected chi connectivity index (χ3v) is 4.13. The second-order valence-corrected chi connectivity index (χ2v) is 5.37. The smallest absolute Gasteiger partial charge is 0.0487 e. The SMILES string of the molecule is NCC(Nc1ccccc1Br)C1CCCC1. The van der Waals surface area contributed by atoms with Gasteiger partial charge in [0.25, 0.3) is 0 Å². The second-order valence-electron chi connectivity index (χ2n) is 4.51. The quantitative estimate of drug-likeness (QED) is 0.889. The summed E-state index contributed by atoms with van der Waals surface area (Å²) in [6, 6.07) is 8.66. The van der Waals surface area contributed by atoms with E-state index < -0.39 is 0 Å². The van der Waals surface area contributed by atoms with Crippen molar-refractivity contribution in [3.8, 4) is 0 Å². The van der Waals surface area contributed by atoms with E-state index in [1.807, 2.05) is 6.07 Å². The van der Waals surface area contributed by atoms with E-state index in [0.717, 1.165) is 16.1 Å². The lowest BCUT2D eigenvalue weighted by Crippen LogP contribution is -2.35. The van der Waals surface area contributed by atoms with Gasteiger partial charge in [-0.25, -0.2) is 0 Å². The van der Waals surface area contributed by atoms with Crippen LogP contribution in [0.1, 0.15) is 25.7 Å². The summed E-state index contributed by atoms with van der Waals surface area (Å²) in [5.41, 5.74) is 7.03. The first-order valence-corrected chi connectivity index (χ1v) is 6.81. The number of para-hydroxylation sites is 1. The molecule has 0 aliphatic heterocycles. The van der Waals surface area contributed by atoms with Crippen molar-refractivity contribution < 1.29 is 0 Å². The average molecular weight is 283 g/mol.